The van der Waals surface area contributed by atoms with Gasteiger partial charge in [-0.15, -0.1) is 0 Å². The van der Waals surface area contributed by atoms with Gasteiger partial charge in [-0.25, -0.2) is 0 Å². The Balaban J connectivity index is 1.52. The van der Waals surface area contributed by atoms with Gasteiger partial charge in [0, 0.05) is 5.02 Å². The lowest BCUT2D eigenvalue weighted by atomic mass is 10.1. The second-order valence-electron chi connectivity index (χ2n) is 5.33. The van der Waals surface area contributed by atoms with Crippen LogP contribution in [-0.4, -0.2) is 35.8 Å². The monoisotopic (exact) mass is 343 g/mol. The lowest BCUT2D eigenvalue weighted by Crippen LogP contribution is -2.33. The molecule has 1 heterocycles. The van der Waals surface area contributed by atoms with Crippen molar-refractivity contribution < 1.29 is 19.1 Å². The molecule has 2 amide bonds. The molecule has 0 fully saturated rings. The van der Waals surface area contributed by atoms with Gasteiger partial charge in [-0.05, 0) is 29.8 Å². The molecule has 0 unspecified atom stereocenters. The first-order valence-corrected chi connectivity index (χ1v) is 7.79. The predicted molar refractivity (Wildman–Crippen MR) is 87.9 cm³/mol. The molecule has 0 saturated carbocycles. The molecule has 1 aliphatic rings. The van der Waals surface area contributed by atoms with Crippen LogP contribution < -0.4 is 0 Å². The normalized spacial score (nSPS) is 13.1. The average Bonchev–Trinajstić information content (AvgIpc) is 2.82. The van der Waals surface area contributed by atoms with E-state index in [9.17, 15) is 14.4 Å². The van der Waals surface area contributed by atoms with Crippen molar-refractivity contribution in [1.29, 1.82) is 0 Å². The van der Waals surface area contributed by atoms with Crippen molar-refractivity contribution in [3.05, 3.63) is 70.2 Å². The van der Waals surface area contributed by atoms with E-state index in [1.807, 2.05) is 0 Å². The fourth-order valence-electron chi connectivity index (χ4n) is 2.51. The molecule has 24 heavy (non-hydrogen) atoms. The van der Waals surface area contributed by atoms with E-state index < -0.39 is 5.97 Å². The molecule has 0 aliphatic carbocycles. The number of halogens is 1. The second-order valence-corrected chi connectivity index (χ2v) is 5.77. The maximum atomic E-state index is 12.2. The Morgan fingerprint density at radius 3 is 2.12 bits per heavy atom. The molecule has 0 bridgehead atoms. The minimum atomic E-state index is -0.422. The molecule has 0 aromatic heterocycles. The van der Waals surface area contributed by atoms with Crippen LogP contribution in [0.15, 0.2) is 48.5 Å². The molecule has 0 spiro atoms. The van der Waals surface area contributed by atoms with E-state index >= 15 is 0 Å². The summed E-state index contributed by atoms with van der Waals surface area (Å²) in [4.78, 5) is 37.2. The van der Waals surface area contributed by atoms with Crippen molar-refractivity contribution in [2.45, 2.75) is 6.42 Å². The molecule has 5 nitrogen and oxygen atoms in total. The van der Waals surface area contributed by atoms with Crippen molar-refractivity contribution in [3.63, 3.8) is 0 Å². The first kappa shape index (κ1) is 16.2. The fraction of sp³-hybridized carbons (Fsp3) is 0.167. The summed E-state index contributed by atoms with van der Waals surface area (Å²) >= 11 is 5.78. The van der Waals surface area contributed by atoms with Crippen LogP contribution in [0.3, 0.4) is 0 Å². The number of hydrogen-bond donors (Lipinski definition) is 0. The maximum absolute atomic E-state index is 12.2. The van der Waals surface area contributed by atoms with Crippen LogP contribution >= 0.6 is 11.6 Å². The number of carbonyl (C=O) groups is 3. The third-order valence-corrected chi connectivity index (χ3v) is 3.97. The van der Waals surface area contributed by atoms with Crippen molar-refractivity contribution in [1.82, 2.24) is 4.90 Å². The van der Waals surface area contributed by atoms with Crippen LogP contribution in [0.2, 0.25) is 5.02 Å². The van der Waals surface area contributed by atoms with E-state index in [1.165, 1.54) is 0 Å². The lowest BCUT2D eigenvalue weighted by Gasteiger charge is -2.13. The second kappa shape index (κ2) is 6.84. The maximum Gasteiger partial charge on any atom is 0.310 e. The van der Waals surface area contributed by atoms with E-state index in [0.717, 1.165) is 10.5 Å². The van der Waals surface area contributed by atoms with Crippen LogP contribution in [0.5, 0.6) is 0 Å². The van der Waals surface area contributed by atoms with Crippen molar-refractivity contribution >= 4 is 29.4 Å². The first-order chi connectivity index (χ1) is 11.6. The average molecular weight is 344 g/mol. The van der Waals surface area contributed by atoms with Gasteiger partial charge in [0.2, 0.25) is 0 Å². The Hall–Kier alpha value is -2.66. The van der Waals surface area contributed by atoms with Gasteiger partial charge in [0.1, 0.15) is 6.61 Å². The van der Waals surface area contributed by atoms with E-state index in [0.29, 0.717) is 16.1 Å². The summed E-state index contributed by atoms with van der Waals surface area (Å²) in [5, 5.41) is 0.595. The van der Waals surface area contributed by atoms with Crippen LogP contribution in [0.1, 0.15) is 26.3 Å². The van der Waals surface area contributed by atoms with Crippen molar-refractivity contribution in [2.75, 3.05) is 13.2 Å². The number of benzene rings is 2. The van der Waals surface area contributed by atoms with E-state index in [4.69, 9.17) is 16.3 Å². The zero-order valence-electron chi connectivity index (χ0n) is 12.7. The van der Waals surface area contributed by atoms with Crippen LogP contribution in [0, 0.1) is 0 Å². The Morgan fingerprint density at radius 2 is 1.54 bits per heavy atom. The standard InChI is InChI=1S/C18H14ClNO4/c19-13-7-5-12(6-8-13)11-16(21)24-10-9-20-17(22)14-3-1-2-4-15(14)18(20)23/h1-8H,9-11H2. The Morgan fingerprint density at radius 1 is 0.958 bits per heavy atom. The van der Waals surface area contributed by atoms with Crippen LogP contribution in [0.25, 0.3) is 0 Å². The smallest absolute Gasteiger partial charge is 0.310 e. The van der Waals surface area contributed by atoms with Gasteiger partial charge in [0.25, 0.3) is 11.8 Å². The summed E-state index contributed by atoms with van der Waals surface area (Å²) in [6.45, 7) is 0.0105. The number of carbonyl (C=O) groups excluding carboxylic acids is 3. The Labute approximate surface area is 143 Å². The number of imide groups is 1. The van der Waals surface area contributed by atoms with E-state index in [2.05, 4.69) is 0 Å². The third kappa shape index (κ3) is 3.31. The van der Waals surface area contributed by atoms with Crippen molar-refractivity contribution in [3.8, 4) is 0 Å². The quantitative estimate of drug-likeness (QED) is 0.618. The van der Waals surface area contributed by atoms with Crippen LogP contribution in [0.4, 0.5) is 0 Å². The molecule has 0 saturated heterocycles. The number of rotatable bonds is 5. The number of fused-ring (bicyclic) bond motifs is 1. The molecular formula is C18H14ClNO4. The number of ether oxygens (including phenoxy) is 1. The molecule has 0 atom stereocenters. The zero-order chi connectivity index (χ0) is 17.1. The summed E-state index contributed by atoms with van der Waals surface area (Å²) in [7, 11) is 0. The summed E-state index contributed by atoms with van der Waals surface area (Å²) in [5.41, 5.74) is 1.55. The van der Waals surface area contributed by atoms with Gasteiger partial charge in [0.15, 0.2) is 0 Å². The highest BCUT2D eigenvalue weighted by atomic mass is 35.5. The highest BCUT2D eigenvalue weighted by Crippen LogP contribution is 2.21. The SMILES string of the molecule is O=C(Cc1ccc(Cl)cc1)OCCN1C(=O)c2ccccc2C1=O. The number of amides is 2. The summed E-state index contributed by atoms with van der Waals surface area (Å²) in [6.07, 6.45) is 0.110. The van der Waals surface area contributed by atoms with Crippen LogP contribution in [-0.2, 0) is 16.0 Å². The molecule has 0 radical (unpaired) electrons. The topological polar surface area (TPSA) is 63.7 Å². The molecular weight excluding hydrogens is 330 g/mol. The fourth-order valence-corrected chi connectivity index (χ4v) is 2.64. The number of nitrogens with zero attached hydrogens (tertiary/aromatic N) is 1. The minimum Gasteiger partial charge on any atom is -0.464 e. The van der Waals surface area contributed by atoms with E-state index in [1.54, 1.807) is 48.5 Å². The number of esters is 1. The predicted octanol–water partition coefficient (Wildman–Crippen LogP) is 2.72. The summed E-state index contributed by atoms with van der Waals surface area (Å²) < 4.78 is 5.12. The van der Waals surface area contributed by atoms with Gasteiger partial charge in [0.05, 0.1) is 24.1 Å². The summed E-state index contributed by atoms with van der Waals surface area (Å²) in [6, 6.07) is 13.5. The molecule has 1 aliphatic heterocycles. The lowest BCUT2D eigenvalue weighted by molar-refractivity contribution is -0.143. The molecule has 2 aromatic carbocycles. The first-order valence-electron chi connectivity index (χ1n) is 7.41. The van der Waals surface area contributed by atoms with Gasteiger partial charge < -0.3 is 4.74 Å². The molecule has 2 aromatic rings. The minimum absolute atomic E-state index is 0.0299. The Kier molecular flexibility index (Phi) is 4.62. The molecule has 3 rings (SSSR count). The zero-order valence-corrected chi connectivity index (χ0v) is 13.5. The van der Waals surface area contributed by atoms with Gasteiger partial charge in [-0.1, -0.05) is 35.9 Å². The molecule has 0 N–H and O–H groups in total. The Bertz CT molecular complexity index is 766. The third-order valence-electron chi connectivity index (χ3n) is 3.72. The van der Waals surface area contributed by atoms with E-state index in [-0.39, 0.29) is 31.4 Å². The van der Waals surface area contributed by atoms with Gasteiger partial charge in [-0.3, -0.25) is 19.3 Å². The molecule has 6 heteroatoms. The largest absolute Gasteiger partial charge is 0.464 e. The highest BCUT2D eigenvalue weighted by Gasteiger charge is 2.34. The van der Waals surface area contributed by atoms with Gasteiger partial charge in [-0.2, -0.15) is 0 Å². The molecule has 122 valence electrons. The number of hydrogen-bond acceptors (Lipinski definition) is 4. The van der Waals surface area contributed by atoms with Gasteiger partial charge >= 0.3 is 5.97 Å². The van der Waals surface area contributed by atoms with Crippen molar-refractivity contribution in [2.24, 2.45) is 0 Å². The highest BCUT2D eigenvalue weighted by molar-refractivity contribution is 6.30. The summed E-state index contributed by atoms with van der Waals surface area (Å²) in [5.74, 6) is -1.14.